The maximum atomic E-state index is 10.9. The molecule has 8 heteroatoms. The molecule has 2 aromatic heterocycles. The molecule has 142 valence electrons. The van der Waals surface area contributed by atoms with Gasteiger partial charge in [-0.15, -0.1) is 28.3 Å². The van der Waals surface area contributed by atoms with Crippen LogP contribution in [0.4, 0.5) is 11.4 Å². The molecule has 0 aliphatic carbocycles. The van der Waals surface area contributed by atoms with Crippen molar-refractivity contribution in [2.75, 3.05) is 0 Å². The summed E-state index contributed by atoms with van der Waals surface area (Å²) in [5.74, 6) is 0.811. The molecule has 0 spiro atoms. The van der Waals surface area contributed by atoms with Crippen molar-refractivity contribution in [3.05, 3.63) is 99.0 Å². The summed E-state index contributed by atoms with van der Waals surface area (Å²) >= 11 is 1.52. The maximum absolute atomic E-state index is 10.9. The number of non-ortho nitro benzene ring substituents is 1. The van der Waals surface area contributed by atoms with Gasteiger partial charge in [0.25, 0.3) is 5.69 Å². The Bertz CT molecular complexity index is 1120. The molecule has 0 unspecified atom stereocenters. The minimum Gasteiger partial charge on any atom is -0.467 e. The molecular weight excluding hydrogens is 442 g/mol. The van der Waals surface area contributed by atoms with E-state index in [0.29, 0.717) is 6.54 Å². The Balaban J connectivity index is 0.00000225. The van der Waals surface area contributed by atoms with Crippen LogP contribution in [0.25, 0.3) is 11.3 Å². The van der Waals surface area contributed by atoms with Crippen LogP contribution in [0.5, 0.6) is 0 Å². The minimum absolute atomic E-state index is 0. The summed E-state index contributed by atoms with van der Waals surface area (Å²) in [7, 11) is 0. The van der Waals surface area contributed by atoms with Crippen LogP contribution in [0, 0.1) is 10.1 Å². The van der Waals surface area contributed by atoms with Crippen LogP contribution in [-0.2, 0) is 6.54 Å². The number of halogens is 1. The predicted octanol–water partition coefficient (Wildman–Crippen LogP) is 5.58. The molecule has 0 N–H and O–H groups in total. The molecule has 0 radical (unpaired) electrons. The van der Waals surface area contributed by atoms with E-state index < -0.39 is 4.92 Å². The highest BCUT2D eigenvalue weighted by atomic mass is 79.9. The Morgan fingerprint density at radius 1 is 1.04 bits per heavy atom. The average Bonchev–Trinajstić information content (AvgIpc) is 3.34. The van der Waals surface area contributed by atoms with Gasteiger partial charge < -0.3 is 8.98 Å². The fourth-order valence-corrected chi connectivity index (χ4v) is 3.66. The number of rotatable bonds is 5. The smallest absolute Gasteiger partial charge is 0.269 e. The molecule has 4 rings (SSSR count). The van der Waals surface area contributed by atoms with Crippen molar-refractivity contribution in [2.45, 2.75) is 6.54 Å². The van der Waals surface area contributed by atoms with Gasteiger partial charge in [-0.25, -0.2) is 4.99 Å². The molecule has 0 amide bonds. The summed E-state index contributed by atoms with van der Waals surface area (Å²) in [6.45, 7) is 0.522. The van der Waals surface area contributed by atoms with Crippen LogP contribution in [0.1, 0.15) is 5.76 Å². The molecule has 0 saturated carbocycles. The fourth-order valence-electron chi connectivity index (χ4n) is 2.73. The van der Waals surface area contributed by atoms with Gasteiger partial charge in [0.05, 0.1) is 29.1 Å². The quantitative estimate of drug-likeness (QED) is 0.290. The lowest BCUT2D eigenvalue weighted by atomic mass is 10.1. The lowest BCUT2D eigenvalue weighted by molar-refractivity contribution is -0.384. The van der Waals surface area contributed by atoms with Gasteiger partial charge in [0.1, 0.15) is 5.76 Å². The molecule has 6 nitrogen and oxygen atoms in total. The lowest BCUT2D eigenvalue weighted by Gasteiger charge is -2.07. The van der Waals surface area contributed by atoms with Crippen molar-refractivity contribution in [1.29, 1.82) is 0 Å². The zero-order valence-corrected chi connectivity index (χ0v) is 17.1. The minimum atomic E-state index is -0.398. The van der Waals surface area contributed by atoms with Gasteiger partial charge in [-0.3, -0.25) is 10.1 Å². The molecule has 2 heterocycles. The van der Waals surface area contributed by atoms with Crippen LogP contribution < -0.4 is 4.80 Å². The van der Waals surface area contributed by atoms with Crippen LogP contribution >= 0.6 is 28.3 Å². The summed E-state index contributed by atoms with van der Waals surface area (Å²) in [4.78, 5) is 16.1. The van der Waals surface area contributed by atoms with Gasteiger partial charge in [-0.05, 0) is 42.0 Å². The number of nitro groups is 1. The van der Waals surface area contributed by atoms with Crippen molar-refractivity contribution in [2.24, 2.45) is 4.99 Å². The van der Waals surface area contributed by atoms with E-state index in [2.05, 4.69) is 4.57 Å². The zero-order valence-electron chi connectivity index (χ0n) is 14.6. The lowest BCUT2D eigenvalue weighted by Crippen LogP contribution is -2.16. The number of aromatic nitrogens is 1. The molecule has 0 aliphatic heterocycles. The van der Waals surface area contributed by atoms with E-state index >= 15 is 0 Å². The fraction of sp³-hybridized carbons (Fsp3) is 0.0500. The first-order chi connectivity index (χ1) is 13.2. The first-order valence-electron chi connectivity index (χ1n) is 8.26. The second kappa shape index (κ2) is 8.81. The molecular formula is C20H16BrN3O3S. The van der Waals surface area contributed by atoms with Gasteiger partial charge in [0.2, 0.25) is 0 Å². The van der Waals surface area contributed by atoms with Gasteiger partial charge in [0.15, 0.2) is 4.80 Å². The van der Waals surface area contributed by atoms with E-state index in [9.17, 15) is 10.1 Å². The van der Waals surface area contributed by atoms with E-state index in [4.69, 9.17) is 9.41 Å². The SMILES string of the molecule is Br.O=[N+]([O-])c1ccc(-c2csc(=Nc3ccccc3)n2Cc2ccco2)cc1. The summed E-state index contributed by atoms with van der Waals surface area (Å²) in [5.41, 5.74) is 2.75. The number of hydrogen-bond donors (Lipinski definition) is 0. The summed E-state index contributed by atoms with van der Waals surface area (Å²) in [6, 6.07) is 20.0. The van der Waals surface area contributed by atoms with Crippen LogP contribution in [0.3, 0.4) is 0 Å². The van der Waals surface area contributed by atoms with E-state index in [1.165, 1.54) is 23.5 Å². The van der Waals surface area contributed by atoms with E-state index in [-0.39, 0.29) is 22.7 Å². The number of para-hydroxylation sites is 1. The molecule has 0 fully saturated rings. The van der Waals surface area contributed by atoms with Crippen molar-refractivity contribution in [3.63, 3.8) is 0 Å². The van der Waals surface area contributed by atoms with Crippen LogP contribution in [-0.4, -0.2) is 9.49 Å². The molecule has 28 heavy (non-hydrogen) atoms. The van der Waals surface area contributed by atoms with E-state index in [0.717, 1.165) is 27.5 Å². The van der Waals surface area contributed by atoms with Gasteiger partial charge in [0, 0.05) is 17.5 Å². The number of nitrogens with zero attached hydrogens (tertiary/aromatic N) is 3. The molecule has 0 atom stereocenters. The third kappa shape index (κ3) is 4.29. The number of hydrogen-bond acceptors (Lipinski definition) is 5. The summed E-state index contributed by atoms with van der Waals surface area (Å²) in [6.07, 6.45) is 1.64. The number of benzene rings is 2. The molecule has 2 aromatic carbocycles. The van der Waals surface area contributed by atoms with Crippen molar-refractivity contribution < 1.29 is 9.34 Å². The highest BCUT2D eigenvalue weighted by Crippen LogP contribution is 2.24. The predicted molar refractivity (Wildman–Crippen MR) is 114 cm³/mol. The maximum Gasteiger partial charge on any atom is 0.269 e. The standard InChI is InChI=1S/C20H15N3O3S.BrH/c24-23(25)17-10-8-15(9-11-17)19-14-27-20(21-16-5-2-1-3-6-16)22(19)13-18-7-4-12-26-18;/h1-12,14H,13H2;1H. The second-order valence-corrected chi connectivity index (χ2v) is 6.66. The first kappa shape index (κ1) is 19.8. The van der Waals surface area contributed by atoms with Gasteiger partial charge >= 0.3 is 0 Å². The summed E-state index contributed by atoms with van der Waals surface area (Å²) < 4.78 is 7.56. The van der Waals surface area contributed by atoms with E-state index in [1.54, 1.807) is 18.4 Å². The monoisotopic (exact) mass is 457 g/mol. The third-order valence-corrected chi connectivity index (χ3v) is 4.91. The van der Waals surface area contributed by atoms with Crippen molar-refractivity contribution in [1.82, 2.24) is 4.57 Å². The largest absolute Gasteiger partial charge is 0.467 e. The number of furan rings is 1. The molecule has 0 saturated heterocycles. The highest BCUT2D eigenvalue weighted by Gasteiger charge is 2.12. The third-order valence-electron chi connectivity index (χ3n) is 4.05. The topological polar surface area (TPSA) is 73.6 Å². The van der Waals surface area contributed by atoms with Crippen molar-refractivity contribution >= 4 is 39.7 Å². The van der Waals surface area contributed by atoms with E-state index in [1.807, 2.05) is 47.8 Å². The summed E-state index contributed by atoms with van der Waals surface area (Å²) in [5, 5.41) is 12.9. The normalized spacial score (nSPS) is 11.2. The molecule has 0 aliphatic rings. The first-order valence-corrected chi connectivity index (χ1v) is 9.14. The van der Waals surface area contributed by atoms with Gasteiger partial charge in [-0.1, -0.05) is 18.2 Å². The average molecular weight is 458 g/mol. The molecule has 0 bridgehead atoms. The number of nitro benzene ring substituents is 1. The Morgan fingerprint density at radius 3 is 2.43 bits per heavy atom. The Morgan fingerprint density at radius 2 is 1.79 bits per heavy atom. The molecule has 4 aromatic rings. The Labute approximate surface area is 175 Å². The highest BCUT2D eigenvalue weighted by molar-refractivity contribution is 8.93. The van der Waals surface area contributed by atoms with Gasteiger partial charge in [-0.2, -0.15) is 0 Å². The van der Waals surface area contributed by atoms with Crippen LogP contribution in [0.2, 0.25) is 0 Å². The second-order valence-electron chi connectivity index (χ2n) is 5.82. The zero-order chi connectivity index (χ0) is 18.6. The van der Waals surface area contributed by atoms with Crippen molar-refractivity contribution in [3.8, 4) is 11.3 Å². The number of thiazole rings is 1. The Hall–Kier alpha value is -2.97. The van der Waals surface area contributed by atoms with Crippen LogP contribution in [0.15, 0.2) is 87.8 Å². The Kier molecular flexibility index (Phi) is 6.23.